The highest BCUT2D eigenvalue weighted by Crippen LogP contribution is 2.07. The van der Waals surface area contributed by atoms with Gasteiger partial charge in [-0.25, -0.2) is 0 Å². The molecule has 2 amide bonds. The number of hydrogen-bond acceptors (Lipinski definition) is 4. The molecule has 1 heterocycles. The summed E-state index contributed by atoms with van der Waals surface area (Å²) in [5, 5.41) is 6.93. The lowest BCUT2D eigenvalue weighted by atomic mass is 10.1. The largest absolute Gasteiger partial charge is 0.347 e. The summed E-state index contributed by atoms with van der Waals surface area (Å²) in [7, 11) is 3.39. The molecule has 0 unspecified atom stereocenters. The van der Waals surface area contributed by atoms with E-state index in [0.29, 0.717) is 11.3 Å². The summed E-state index contributed by atoms with van der Waals surface area (Å²) in [6.45, 7) is 0.279. The van der Waals surface area contributed by atoms with Crippen molar-refractivity contribution >= 4 is 11.8 Å². The second-order valence-corrected chi connectivity index (χ2v) is 6.38. The van der Waals surface area contributed by atoms with Gasteiger partial charge in [0.1, 0.15) is 5.69 Å². The maximum absolute atomic E-state index is 12.4. The Morgan fingerprint density at radius 2 is 1.64 bits per heavy atom. The summed E-state index contributed by atoms with van der Waals surface area (Å²) in [5.74, 6) is -0.471. The van der Waals surface area contributed by atoms with Crippen molar-refractivity contribution in [2.24, 2.45) is 0 Å². The van der Waals surface area contributed by atoms with Gasteiger partial charge in [-0.2, -0.15) is 9.78 Å². The number of para-hydroxylation sites is 1. The van der Waals surface area contributed by atoms with Gasteiger partial charge in [0.25, 0.3) is 17.4 Å². The fourth-order valence-electron chi connectivity index (χ4n) is 2.58. The lowest BCUT2D eigenvalue weighted by Crippen LogP contribution is -2.28. The van der Waals surface area contributed by atoms with E-state index in [2.05, 4.69) is 10.4 Å². The van der Waals surface area contributed by atoms with E-state index < -0.39 is 5.91 Å². The molecule has 2 aromatic carbocycles. The Bertz CT molecular complexity index is 1040. The number of carbonyl (C=O) groups is 2. The molecule has 0 radical (unpaired) electrons. The molecule has 0 spiro atoms. The Morgan fingerprint density at radius 3 is 2.29 bits per heavy atom. The summed E-state index contributed by atoms with van der Waals surface area (Å²) >= 11 is 0. The Hall–Kier alpha value is -3.74. The van der Waals surface area contributed by atoms with Crippen LogP contribution in [-0.4, -0.2) is 40.6 Å². The van der Waals surface area contributed by atoms with E-state index in [1.165, 1.54) is 21.7 Å². The zero-order valence-electron chi connectivity index (χ0n) is 15.6. The molecule has 0 bridgehead atoms. The van der Waals surface area contributed by atoms with Gasteiger partial charge in [-0.05, 0) is 35.9 Å². The van der Waals surface area contributed by atoms with Crippen LogP contribution in [0, 0.1) is 0 Å². The van der Waals surface area contributed by atoms with E-state index in [1.54, 1.807) is 62.6 Å². The average Bonchev–Trinajstić information content (AvgIpc) is 2.72. The second-order valence-electron chi connectivity index (χ2n) is 6.38. The first-order valence-electron chi connectivity index (χ1n) is 8.70. The number of hydrogen-bond donors (Lipinski definition) is 1. The van der Waals surface area contributed by atoms with Crippen molar-refractivity contribution in [1.29, 1.82) is 0 Å². The normalized spacial score (nSPS) is 10.4. The van der Waals surface area contributed by atoms with Gasteiger partial charge < -0.3 is 10.2 Å². The van der Waals surface area contributed by atoms with Crippen molar-refractivity contribution in [3.63, 3.8) is 0 Å². The number of amides is 2. The number of rotatable bonds is 5. The molecule has 0 saturated heterocycles. The topological polar surface area (TPSA) is 84.3 Å². The molecule has 142 valence electrons. The van der Waals surface area contributed by atoms with Crippen LogP contribution in [0.5, 0.6) is 0 Å². The highest BCUT2D eigenvalue weighted by atomic mass is 16.2. The number of aromatic nitrogens is 2. The molecule has 3 rings (SSSR count). The van der Waals surface area contributed by atoms with Gasteiger partial charge in [-0.1, -0.05) is 30.3 Å². The van der Waals surface area contributed by atoms with Gasteiger partial charge >= 0.3 is 0 Å². The molecule has 0 fully saturated rings. The number of carbonyl (C=O) groups excluding carboxylic acids is 2. The van der Waals surface area contributed by atoms with Crippen molar-refractivity contribution in [1.82, 2.24) is 20.0 Å². The molecule has 1 aromatic heterocycles. The highest BCUT2D eigenvalue weighted by molar-refractivity contribution is 5.94. The minimum absolute atomic E-state index is 0.0806. The van der Waals surface area contributed by atoms with Crippen molar-refractivity contribution < 1.29 is 9.59 Å². The third-order valence-corrected chi connectivity index (χ3v) is 4.09. The van der Waals surface area contributed by atoms with Crippen molar-refractivity contribution in [3.05, 3.63) is 93.9 Å². The molecule has 0 atom stereocenters. The Kier molecular flexibility index (Phi) is 5.64. The van der Waals surface area contributed by atoms with Crippen LogP contribution in [0.25, 0.3) is 5.69 Å². The fourth-order valence-corrected chi connectivity index (χ4v) is 2.58. The van der Waals surface area contributed by atoms with Crippen molar-refractivity contribution in [2.45, 2.75) is 6.54 Å². The minimum Gasteiger partial charge on any atom is -0.347 e. The second kappa shape index (κ2) is 8.30. The van der Waals surface area contributed by atoms with Gasteiger partial charge in [0.2, 0.25) is 0 Å². The van der Waals surface area contributed by atoms with Crippen LogP contribution in [0.3, 0.4) is 0 Å². The molecule has 1 N–H and O–H groups in total. The Morgan fingerprint density at radius 1 is 0.964 bits per heavy atom. The molecule has 28 heavy (non-hydrogen) atoms. The predicted molar refractivity (Wildman–Crippen MR) is 105 cm³/mol. The first kappa shape index (κ1) is 19.0. The first-order chi connectivity index (χ1) is 13.5. The van der Waals surface area contributed by atoms with E-state index >= 15 is 0 Å². The summed E-state index contributed by atoms with van der Waals surface area (Å²) in [6, 6.07) is 18.6. The molecule has 7 nitrogen and oxygen atoms in total. The van der Waals surface area contributed by atoms with Gasteiger partial charge in [-0.3, -0.25) is 14.4 Å². The lowest BCUT2D eigenvalue weighted by molar-refractivity contribution is 0.0827. The van der Waals surface area contributed by atoms with Gasteiger partial charge in [0, 0.05) is 32.3 Å². The maximum Gasteiger partial charge on any atom is 0.272 e. The Balaban J connectivity index is 1.70. The van der Waals surface area contributed by atoms with Crippen LogP contribution in [0.15, 0.2) is 71.5 Å². The fraction of sp³-hybridized carbons (Fsp3) is 0.143. The third kappa shape index (κ3) is 4.32. The number of nitrogens with zero attached hydrogens (tertiary/aromatic N) is 3. The van der Waals surface area contributed by atoms with Crippen LogP contribution in [0.1, 0.15) is 26.4 Å². The van der Waals surface area contributed by atoms with E-state index in [9.17, 15) is 14.4 Å². The van der Waals surface area contributed by atoms with E-state index in [4.69, 9.17) is 0 Å². The molecule has 7 heteroatoms. The maximum atomic E-state index is 12.4. The molecular formula is C21H20N4O3. The predicted octanol–water partition coefficient (Wildman–Crippen LogP) is 1.86. The van der Waals surface area contributed by atoms with E-state index in [1.807, 2.05) is 6.07 Å². The van der Waals surface area contributed by atoms with E-state index in [-0.39, 0.29) is 23.7 Å². The van der Waals surface area contributed by atoms with Crippen LogP contribution < -0.4 is 10.9 Å². The molecular weight excluding hydrogens is 356 g/mol. The summed E-state index contributed by atoms with van der Waals surface area (Å²) in [5.41, 5.74) is 1.84. The van der Waals surface area contributed by atoms with Gasteiger partial charge in [-0.15, -0.1) is 0 Å². The smallest absolute Gasteiger partial charge is 0.272 e. The number of nitrogens with one attached hydrogen (secondary N) is 1. The lowest BCUT2D eigenvalue weighted by Gasteiger charge is -2.11. The molecule has 3 aromatic rings. The Labute approximate surface area is 162 Å². The van der Waals surface area contributed by atoms with Crippen LogP contribution in [-0.2, 0) is 6.54 Å². The van der Waals surface area contributed by atoms with Crippen molar-refractivity contribution in [3.8, 4) is 5.69 Å². The van der Waals surface area contributed by atoms with E-state index in [0.717, 1.165) is 5.56 Å². The SMILES string of the molecule is CN(C)C(=O)c1ccc(CNC(=O)c2ccc(=O)n(-c3ccccc3)n2)cc1. The molecule has 0 saturated carbocycles. The minimum atomic E-state index is -0.391. The molecule has 0 aliphatic rings. The summed E-state index contributed by atoms with van der Waals surface area (Å²) in [4.78, 5) is 37.9. The summed E-state index contributed by atoms with van der Waals surface area (Å²) < 4.78 is 1.19. The van der Waals surface area contributed by atoms with Crippen molar-refractivity contribution in [2.75, 3.05) is 14.1 Å². The zero-order valence-corrected chi connectivity index (χ0v) is 15.6. The quantitative estimate of drug-likeness (QED) is 0.737. The highest BCUT2D eigenvalue weighted by Gasteiger charge is 2.11. The number of benzene rings is 2. The van der Waals surface area contributed by atoms with Crippen LogP contribution in [0.2, 0.25) is 0 Å². The molecule has 0 aliphatic heterocycles. The average molecular weight is 376 g/mol. The van der Waals surface area contributed by atoms with Crippen LogP contribution in [0.4, 0.5) is 0 Å². The zero-order chi connectivity index (χ0) is 20.1. The van der Waals surface area contributed by atoms with Gasteiger partial charge in [0.15, 0.2) is 0 Å². The monoisotopic (exact) mass is 376 g/mol. The van der Waals surface area contributed by atoms with Gasteiger partial charge in [0.05, 0.1) is 5.69 Å². The first-order valence-corrected chi connectivity index (χ1v) is 8.70. The molecule has 0 aliphatic carbocycles. The third-order valence-electron chi connectivity index (χ3n) is 4.09. The standard InChI is InChI=1S/C21H20N4O3/c1-24(2)21(28)16-10-8-15(9-11-16)14-22-20(27)18-12-13-19(26)25(23-18)17-6-4-3-5-7-17/h3-13H,14H2,1-2H3,(H,22,27). The van der Waals surface area contributed by atoms with Crippen LogP contribution >= 0.6 is 0 Å². The summed E-state index contributed by atoms with van der Waals surface area (Å²) in [6.07, 6.45) is 0.